The van der Waals surface area contributed by atoms with Crippen LogP contribution < -0.4 is 15.2 Å². The second-order valence-corrected chi connectivity index (χ2v) is 10.7. The van der Waals surface area contributed by atoms with Gasteiger partial charge in [-0.3, -0.25) is 9.69 Å². The highest BCUT2D eigenvalue weighted by Crippen LogP contribution is 2.40. The lowest BCUT2D eigenvalue weighted by atomic mass is 9.69. The molecule has 1 aliphatic rings. The van der Waals surface area contributed by atoms with Crippen molar-refractivity contribution in [1.82, 2.24) is 4.90 Å². The van der Waals surface area contributed by atoms with Crippen molar-refractivity contribution >= 4 is 5.91 Å². The molecule has 1 aliphatic heterocycles. The van der Waals surface area contributed by atoms with Crippen LogP contribution in [0.25, 0.3) is 0 Å². The molecule has 1 amide bonds. The first-order valence-corrected chi connectivity index (χ1v) is 13.0. The summed E-state index contributed by atoms with van der Waals surface area (Å²) in [5.74, 6) is -0.177. The van der Waals surface area contributed by atoms with E-state index in [0.717, 1.165) is 23.3 Å². The minimum Gasteiger partial charge on any atom is -0.497 e. The average molecular weight is 541 g/mol. The molecule has 0 unspecified atom stereocenters. The van der Waals surface area contributed by atoms with E-state index in [2.05, 4.69) is 18.7 Å². The van der Waals surface area contributed by atoms with Crippen LogP contribution in [0, 0.1) is 0 Å². The number of nitrogens with zero attached hydrogens (tertiary/aromatic N) is 1. The van der Waals surface area contributed by atoms with Gasteiger partial charge in [0.05, 0.1) is 18.1 Å². The van der Waals surface area contributed by atoms with E-state index in [1.54, 1.807) is 0 Å². The summed E-state index contributed by atoms with van der Waals surface area (Å²) in [5, 5.41) is 0. The minimum atomic E-state index is -4.50. The number of primary amides is 1. The van der Waals surface area contributed by atoms with Crippen molar-refractivity contribution in [2.24, 2.45) is 5.73 Å². The minimum absolute atomic E-state index is 0.0969. The Morgan fingerprint density at radius 2 is 1.46 bits per heavy atom. The molecule has 2 N–H and O–H groups in total. The van der Waals surface area contributed by atoms with Gasteiger partial charge in [-0.1, -0.05) is 60.7 Å². The van der Waals surface area contributed by atoms with Gasteiger partial charge in [0.25, 0.3) is 0 Å². The number of rotatable bonds is 10. The number of ether oxygens (including phenoxy) is 2. The second kappa shape index (κ2) is 11.3. The van der Waals surface area contributed by atoms with Gasteiger partial charge in [-0.25, -0.2) is 0 Å². The Balaban J connectivity index is 1.51. The van der Waals surface area contributed by atoms with Crippen molar-refractivity contribution < 1.29 is 27.4 Å². The summed E-state index contributed by atoms with van der Waals surface area (Å²) in [7, 11) is 1.33. The number of methoxy groups -OCH3 is 1. The van der Waals surface area contributed by atoms with Gasteiger partial charge in [0.1, 0.15) is 17.6 Å². The maximum absolute atomic E-state index is 13.3. The third-order valence-electron chi connectivity index (χ3n) is 7.81. The van der Waals surface area contributed by atoms with Gasteiger partial charge in [-0.05, 0) is 56.4 Å². The van der Waals surface area contributed by atoms with Crippen LogP contribution in [0.1, 0.15) is 49.8 Å². The highest BCUT2D eigenvalue weighted by Gasteiger charge is 2.43. The maximum Gasteiger partial charge on any atom is 0.416 e. The number of carbonyl (C=O) groups is 1. The standard InChI is InChI=1S/C31H35F3N2O3/c1-29(2,15-16-30(28(35)37,22-10-6-4-7-11-22)23-12-8-5-9-13-23)36-17-14-25(21-36)39-27-19-24(31(32,33)34)18-26(20-27)38-3/h4-13,18-20,25H,14-17,21H2,1-3H3,(H2,35,37)/t25-/m1/s1. The number of hydrogen-bond acceptors (Lipinski definition) is 4. The molecule has 208 valence electrons. The summed E-state index contributed by atoms with van der Waals surface area (Å²) >= 11 is 0. The Kier molecular flexibility index (Phi) is 8.25. The van der Waals surface area contributed by atoms with Crippen LogP contribution in [0.5, 0.6) is 11.5 Å². The quantitative estimate of drug-likeness (QED) is 0.333. The van der Waals surface area contributed by atoms with Crippen LogP contribution >= 0.6 is 0 Å². The summed E-state index contributed by atoms with van der Waals surface area (Å²) in [6.45, 7) is 5.49. The SMILES string of the molecule is COc1cc(O[C@@H]2CCN(C(C)(C)CCC(C(N)=O)(c3ccccc3)c3ccccc3)C2)cc(C(F)(F)F)c1. The van der Waals surface area contributed by atoms with Crippen LogP contribution in [0.15, 0.2) is 78.9 Å². The largest absolute Gasteiger partial charge is 0.497 e. The number of halogens is 3. The molecule has 1 atom stereocenters. The Morgan fingerprint density at radius 3 is 1.97 bits per heavy atom. The zero-order valence-electron chi connectivity index (χ0n) is 22.5. The summed E-state index contributed by atoms with van der Waals surface area (Å²) < 4.78 is 51.1. The molecule has 39 heavy (non-hydrogen) atoms. The van der Waals surface area contributed by atoms with Crippen LogP contribution in [-0.4, -0.2) is 42.6 Å². The third-order valence-corrected chi connectivity index (χ3v) is 7.81. The predicted molar refractivity (Wildman–Crippen MR) is 145 cm³/mol. The van der Waals surface area contributed by atoms with Crippen molar-refractivity contribution in [1.29, 1.82) is 0 Å². The van der Waals surface area contributed by atoms with E-state index >= 15 is 0 Å². The lowest BCUT2D eigenvalue weighted by Crippen LogP contribution is -2.47. The van der Waals surface area contributed by atoms with Gasteiger partial charge in [0.15, 0.2) is 0 Å². The van der Waals surface area contributed by atoms with E-state index in [9.17, 15) is 18.0 Å². The van der Waals surface area contributed by atoms with E-state index in [1.165, 1.54) is 13.2 Å². The molecule has 1 saturated heterocycles. The van der Waals surface area contributed by atoms with E-state index in [0.29, 0.717) is 32.4 Å². The Hall–Kier alpha value is -3.52. The monoisotopic (exact) mass is 540 g/mol. The molecule has 5 nitrogen and oxygen atoms in total. The number of nitrogens with two attached hydrogens (primary N) is 1. The molecular formula is C31H35F3N2O3. The molecule has 1 heterocycles. The fourth-order valence-corrected chi connectivity index (χ4v) is 5.45. The van der Waals surface area contributed by atoms with Crippen molar-refractivity contribution in [3.63, 3.8) is 0 Å². The van der Waals surface area contributed by atoms with Crippen molar-refractivity contribution in [2.75, 3.05) is 20.2 Å². The fourth-order valence-electron chi connectivity index (χ4n) is 5.45. The zero-order valence-corrected chi connectivity index (χ0v) is 22.5. The molecule has 0 aromatic heterocycles. The van der Waals surface area contributed by atoms with E-state index in [-0.39, 0.29) is 23.1 Å². The molecule has 1 fully saturated rings. The first-order chi connectivity index (χ1) is 18.5. The van der Waals surface area contributed by atoms with E-state index in [1.807, 2.05) is 60.7 Å². The molecule has 0 aliphatic carbocycles. The van der Waals surface area contributed by atoms with Gasteiger partial charge in [0, 0.05) is 24.7 Å². The van der Waals surface area contributed by atoms with Gasteiger partial charge >= 0.3 is 6.18 Å². The van der Waals surface area contributed by atoms with Crippen LogP contribution in [-0.2, 0) is 16.4 Å². The van der Waals surface area contributed by atoms with E-state index in [4.69, 9.17) is 15.2 Å². The normalized spacial score (nSPS) is 16.7. The summed E-state index contributed by atoms with van der Waals surface area (Å²) in [6.07, 6.45) is -2.96. The molecule has 3 aromatic carbocycles. The Morgan fingerprint density at radius 1 is 0.897 bits per heavy atom. The Bertz CT molecular complexity index is 1220. The van der Waals surface area contributed by atoms with Gasteiger partial charge in [0.2, 0.25) is 5.91 Å². The molecule has 4 rings (SSSR count). The molecule has 0 radical (unpaired) electrons. The number of hydrogen-bond donors (Lipinski definition) is 1. The van der Waals surface area contributed by atoms with Crippen molar-refractivity contribution in [2.45, 2.75) is 56.3 Å². The molecule has 0 bridgehead atoms. The van der Waals surface area contributed by atoms with Gasteiger partial charge in [-0.2, -0.15) is 13.2 Å². The van der Waals surface area contributed by atoms with Crippen LogP contribution in [0.4, 0.5) is 13.2 Å². The summed E-state index contributed by atoms with van der Waals surface area (Å²) in [6, 6.07) is 22.7. The molecular weight excluding hydrogens is 505 g/mol. The smallest absolute Gasteiger partial charge is 0.416 e. The number of benzene rings is 3. The third kappa shape index (κ3) is 6.22. The van der Waals surface area contributed by atoms with Crippen molar-refractivity contribution in [3.05, 3.63) is 95.6 Å². The second-order valence-electron chi connectivity index (χ2n) is 10.7. The summed E-state index contributed by atoms with van der Waals surface area (Å²) in [4.78, 5) is 15.4. The zero-order chi connectivity index (χ0) is 28.3. The predicted octanol–water partition coefficient (Wildman–Crippen LogP) is 6.20. The van der Waals surface area contributed by atoms with Crippen LogP contribution in [0.3, 0.4) is 0 Å². The number of amides is 1. The molecule has 3 aromatic rings. The topological polar surface area (TPSA) is 64.8 Å². The summed E-state index contributed by atoms with van der Waals surface area (Å²) in [5.41, 5.74) is 5.70. The van der Waals surface area contributed by atoms with Crippen LogP contribution in [0.2, 0.25) is 0 Å². The van der Waals surface area contributed by atoms with Crippen molar-refractivity contribution in [3.8, 4) is 11.5 Å². The first kappa shape index (κ1) is 28.5. The maximum atomic E-state index is 13.3. The number of alkyl halides is 3. The van der Waals surface area contributed by atoms with E-state index < -0.39 is 23.1 Å². The lowest BCUT2D eigenvalue weighted by molar-refractivity contribution is -0.137. The molecule has 8 heteroatoms. The highest BCUT2D eigenvalue weighted by atomic mass is 19.4. The fraction of sp³-hybridized carbons (Fsp3) is 0.387. The van der Waals surface area contributed by atoms with Gasteiger partial charge in [-0.15, -0.1) is 0 Å². The molecule has 0 saturated carbocycles. The van der Waals surface area contributed by atoms with Gasteiger partial charge < -0.3 is 15.2 Å². The lowest BCUT2D eigenvalue weighted by Gasteiger charge is -2.40. The number of carbonyl (C=O) groups excluding carboxylic acids is 1. The first-order valence-electron chi connectivity index (χ1n) is 13.0. The average Bonchev–Trinajstić information content (AvgIpc) is 3.39. The molecule has 0 spiro atoms. The Labute approximate surface area is 227 Å². The number of likely N-dealkylation sites (tertiary alicyclic amines) is 1. The highest BCUT2D eigenvalue weighted by molar-refractivity contribution is 5.90.